The molecule has 0 bridgehead atoms. The summed E-state index contributed by atoms with van der Waals surface area (Å²) < 4.78 is 6.85. The molecule has 2 atom stereocenters. The lowest BCUT2D eigenvalue weighted by Crippen LogP contribution is -2.34. The molecule has 1 aliphatic carbocycles. The van der Waals surface area contributed by atoms with Gasteiger partial charge in [0.1, 0.15) is 5.56 Å². The molecule has 0 aromatic carbocycles. The monoisotopic (exact) mass is 311 g/mol. The smallest absolute Gasteiger partial charge is 0.341 e. The van der Waals surface area contributed by atoms with Crippen molar-refractivity contribution < 1.29 is 9.53 Å². The molecule has 1 aromatic rings. The van der Waals surface area contributed by atoms with Crippen LogP contribution < -0.4 is 5.32 Å². The number of carbonyl (C=O) groups excluding carboxylic acids is 1. The number of rotatable bonds is 7. The van der Waals surface area contributed by atoms with Gasteiger partial charge in [0.2, 0.25) is 0 Å². The van der Waals surface area contributed by atoms with Gasteiger partial charge >= 0.3 is 5.97 Å². The highest BCUT2D eigenvalue weighted by Crippen LogP contribution is 2.30. The largest absolute Gasteiger partial charge is 0.462 e. The first-order valence-electron chi connectivity index (χ1n) is 7.70. The average molecular weight is 311 g/mol. The van der Waals surface area contributed by atoms with Crippen LogP contribution in [0.15, 0.2) is 6.20 Å². The number of hydrogen-bond donors (Lipinski definition) is 1. The molecule has 0 spiro atoms. The van der Waals surface area contributed by atoms with E-state index in [4.69, 9.17) is 4.74 Å². The van der Waals surface area contributed by atoms with E-state index in [0.717, 1.165) is 11.4 Å². The van der Waals surface area contributed by atoms with Crippen LogP contribution in [-0.2, 0) is 18.3 Å². The van der Waals surface area contributed by atoms with Crippen LogP contribution in [0.2, 0.25) is 0 Å². The van der Waals surface area contributed by atoms with E-state index in [0.29, 0.717) is 30.0 Å². The Morgan fingerprint density at radius 3 is 3.05 bits per heavy atom. The van der Waals surface area contributed by atoms with Crippen LogP contribution in [0.4, 0.5) is 0 Å². The number of carbonyl (C=O) groups is 1. The van der Waals surface area contributed by atoms with Crippen LogP contribution in [-0.4, -0.2) is 39.4 Å². The molecule has 0 aliphatic heterocycles. The Balaban J connectivity index is 1.99. The highest BCUT2D eigenvalue weighted by Gasteiger charge is 2.27. The molecule has 0 radical (unpaired) electrons. The van der Waals surface area contributed by atoms with E-state index in [-0.39, 0.29) is 5.97 Å². The second kappa shape index (κ2) is 7.84. The number of nitrogens with one attached hydrogen (secondary N) is 1. The molecule has 6 heteroatoms. The minimum atomic E-state index is -0.284. The predicted molar refractivity (Wildman–Crippen MR) is 85.6 cm³/mol. The van der Waals surface area contributed by atoms with E-state index in [9.17, 15) is 4.79 Å². The Morgan fingerprint density at radius 1 is 1.52 bits per heavy atom. The molecule has 1 aromatic heterocycles. The Labute approximate surface area is 130 Å². The van der Waals surface area contributed by atoms with Crippen LogP contribution >= 0.6 is 11.8 Å². The van der Waals surface area contributed by atoms with Crippen molar-refractivity contribution in [2.45, 2.75) is 50.9 Å². The van der Waals surface area contributed by atoms with Gasteiger partial charge in [-0.15, -0.1) is 0 Å². The van der Waals surface area contributed by atoms with Crippen LogP contribution in [0.25, 0.3) is 0 Å². The molecular formula is C15H25N3O2S. The third-order valence-corrected chi connectivity index (χ3v) is 5.25. The number of thioether (sulfide) groups is 1. The third kappa shape index (κ3) is 4.01. The molecule has 2 unspecified atom stereocenters. The van der Waals surface area contributed by atoms with Crippen LogP contribution in [0, 0.1) is 0 Å². The highest BCUT2D eigenvalue weighted by atomic mass is 32.2. The van der Waals surface area contributed by atoms with E-state index in [1.54, 1.807) is 10.9 Å². The standard InChI is InChI=1S/C15H25N3O2S/c1-4-20-15(19)11-9-17-18(3)13(11)10-16-12-7-6-8-14(12)21-5-2/h9,12,14,16H,4-8,10H2,1-3H3. The first kappa shape index (κ1) is 16.4. The fraction of sp³-hybridized carbons (Fsp3) is 0.733. The second-order valence-corrected chi connectivity index (χ2v) is 6.78. The van der Waals surface area contributed by atoms with Gasteiger partial charge in [0.25, 0.3) is 0 Å². The molecule has 1 saturated carbocycles. The fourth-order valence-electron chi connectivity index (χ4n) is 2.85. The minimum Gasteiger partial charge on any atom is -0.462 e. The van der Waals surface area contributed by atoms with Crippen molar-refractivity contribution in [3.63, 3.8) is 0 Å². The lowest BCUT2D eigenvalue weighted by molar-refractivity contribution is 0.0524. The summed E-state index contributed by atoms with van der Waals surface area (Å²) in [5.74, 6) is 0.871. The maximum Gasteiger partial charge on any atom is 0.341 e. The van der Waals surface area contributed by atoms with E-state index in [1.165, 1.54) is 19.3 Å². The lowest BCUT2D eigenvalue weighted by atomic mass is 10.2. The topological polar surface area (TPSA) is 56.1 Å². The van der Waals surface area contributed by atoms with E-state index in [2.05, 4.69) is 17.3 Å². The number of ether oxygens (including phenoxy) is 1. The molecule has 1 aliphatic rings. The van der Waals surface area contributed by atoms with Gasteiger partial charge in [-0.05, 0) is 25.5 Å². The van der Waals surface area contributed by atoms with Crippen LogP contribution in [0.5, 0.6) is 0 Å². The van der Waals surface area contributed by atoms with Crippen molar-refractivity contribution in [3.05, 3.63) is 17.5 Å². The molecule has 1 N–H and O–H groups in total. The number of aromatic nitrogens is 2. The molecule has 2 rings (SSSR count). The molecule has 5 nitrogen and oxygen atoms in total. The molecule has 1 fully saturated rings. The quantitative estimate of drug-likeness (QED) is 0.784. The van der Waals surface area contributed by atoms with Gasteiger partial charge in [-0.3, -0.25) is 4.68 Å². The maximum atomic E-state index is 11.9. The summed E-state index contributed by atoms with van der Waals surface area (Å²) >= 11 is 2.03. The first-order valence-corrected chi connectivity index (χ1v) is 8.75. The molecule has 21 heavy (non-hydrogen) atoms. The average Bonchev–Trinajstić information content (AvgIpc) is 3.04. The second-order valence-electron chi connectivity index (χ2n) is 5.26. The van der Waals surface area contributed by atoms with Gasteiger partial charge in [-0.25, -0.2) is 4.79 Å². The number of hydrogen-bond acceptors (Lipinski definition) is 5. The number of aryl methyl sites for hydroxylation is 1. The van der Waals surface area contributed by atoms with Gasteiger partial charge in [-0.2, -0.15) is 16.9 Å². The minimum absolute atomic E-state index is 0.284. The Kier molecular flexibility index (Phi) is 6.11. The van der Waals surface area contributed by atoms with Crippen molar-refractivity contribution >= 4 is 17.7 Å². The van der Waals surface area contributed by atoms with E-state index >= 15 is 0 Å². The zero-order chi connectivity index (χ0) is 15.2. The third-order valence-electron chi connectivity index (χ3n) is 3.92. The fourth-order valence-corrected chi connectivity index (χ4v) is 4.08. The van der Waals surface area contributed by atoms with Gasteiger partial charge in [0, 0.05) is 24.9 Å². The van der Waals surface area contributed by atoms with Crippen molar-refractivity contribution in [3.8, 4) is 0 Å². The molecular weight excluding hydrogens is 286 g/mol. The zero-order valence-corrected chi connectivity index (χ0v) is 13.9. The summed E-state index contributed by atoms with van der Waals surface area (Å²) in [6, 6.07) is 0.528. The maximum absolute atomic E-state index is 11.9. The summed E-state index contributed by atoms with van der Waals surface area (Å²) in [7, 11) is 1.87. The Hall–Kier alpha value is -1.01. The summed E-state index contributed by atoms with van der Waals surface area (Å²) in [5.41, 5.74) is 1.48. The van der Waals surface area contributed by atoms with Gasteiger partial charge in [0.05, 0.1) is 18.5 Å². The molecule has 118 valence electrons. The Morgan fingerprint density at radius 2 is 2.33 bits per heavy atom. The van der Waals surface area contributed by atoms with Gasteiger partial charge in [-0.1, -0.05) is 13.3 Å². The lowest BCUT2D eigenvalue weighted by Gasteiger charge is -2.20. The summed E-state index contributed by atoms with van der Waals surface area (Å²) in [5, 5.41) is 8.49. The van der Waals surface area contributed by atoms with E-state index in [1.807, 2.05) is 25.7 Å². The first-order chi connectivity index (χ1) is 10.2. The summed E-state index contributed by atoms with van der Waals surface area (Å²) in [6.07, 6.45) is 5.38. The summed E-state index contributed by atoms with van der Waals surface area (Å²) in [6.45, 7) is 5.08. The molecule has 0 amide bonds. The number of esters is 1. The molecule has 0 saturated heterocycles. The van der Waals surface area contributed by atoms with Crippen molar-refractivity contribution in [2.24, 2.45) is 7.05 Å². The van der Waals surface area contributed by atoms with Crippen molar-refractivity contribution in [2.75, 3.05) is 12.4 Å². The van der Waals surface area contributed by atoms with Crippen LogP contribution in [0.3, 0.4) is 0 Å². The van der Waals surface area contributed by atoms with Gasteiger partial charge < -0.3 is 10.1 Å². The van der Waals surface area contributed by atoms with Gasteiger partial charge in [0.15, 0.2) is 0 Å². The van der Waals surface area contributed by atoms with Crippen LogP contribution in [0.1, 0.15) is 49.2 Å². The van der Waals surface area contributed by atoms with Crippen molar-refractivity contribution in [1.29, 1.82) is 0 Å². The highest BCUT2D eigenvalue weighted by molar-refractivity contribution is 7.99. The molecule has 1 heterocycles. The normalized spacial score (nSPS) is 21.7. The zero-order valence-electron chi connectivity index (χ0n) is 13.1. The van der Waals surface area contributed by atoms with Crippen molar-refractivity contribution in [1.82, 2.24) is 15.1 Å². The Bertz CT molecular complexity index is 475. The number of nitrogens with zero attached hydrogens (tertiary/aromatic N) is 2. The SMILES string of the molecule is CCOC(=O)c1cnn(C)c1CNC1CCCC1SCC. The van der Waals surface area contributed by atoms with E-state index < -0.39 is 0 Å². The summed E-state index contributed by atoms with van der Waals surface area (Å²) in [4.78, 5) is 11.9. The predicted octanol–water partition coefficient (Wildman–Crippen LogP) is 2.36.